The third kappa shape index (κ3) is 2.94. The van der Waals surface area contributed by atoms with Gasteiger partial charge < -0.3 is 5.73 Å². The van der Waals surface area contributed by atoms with Gasteiger partial charge in [0.1, 0.15) is 0 Å². The summed E-state index contributed by atoms with van der Waals surface area (Å²) in [5.41, 5.74) is 8.88. The molecule has 0 fully saturated rings. The van der Waals surface area contributed by atoms with Crippen molar-refractivity contribution in [2.45, 2.75) is 26.3 Å². The van der Waals surface area contributed by atoms with Gasteiger partial charge in [0.2, 0.25) is 0 Å². The highest BCUT2D eigenvalue weighted by atomic mass is 79.9. The minimum Gasteiger partial charge on any atom is -0.328 e. The van der Waals surface area contributed by atoms with Gasteiger partial charge in [-0.2, -0.15) is 5.10 Å². The number of hydrogen-bond donors (Lipinski definition) is 1. The van der Waals surface area contributed by atoms with Gasteiger partial charge in [0.05, 0.1) is 16.4 Å². The molecule has 0 radical (unpaired) electrons. The summed E-state index contributed by atoms with van der Waals surface area (Å²) in [7, 11) is 0. The lowest BCUT2D eigenvalue weighted by Crippen LogP contribution is -2.19. The molecule has 5 heteroatoms. The molecule has 2 aromatic rings. The Hall–Kier alpha value is -0.840. The number of benzene rings is 1. The van der Waals surface area contributed by atoms with Crippen molar-refractivity contribution in [2.24, 2.45) is 5.73 Å². The maximum absolute atomic E-state index is 6.05. The van der Waals surface area contributed by atoms with Gasteiger partial charge in [-0.15, -0.1) is 0 Å². The second-order valence-corrected chi connectivity index (χ2v) is 5.78. The van der Waals surface area contributed by atoms with E-state index in [1.807, 2.05) is 36.9 Å². The molecular formula is C13H15BrClN3. The molecule has 1 heterocycles. The number of nitrogens with zero attached hydrogens (tertiary/aromatic N) is 2. The average Bonchev–Trinajstić information content (AvgIpc) is 2.58. The molecule has 1 atom stereocenters. The van der Waals surface area contributed by atoms with E-state index in [1.165, 1.54) is 0 Å². The highest BCUT2D eigenvalue weighted by molar-refractivity contribution is 9.10. The second-order valence-electron chi connectivity index (χ2n) is 4.46. The van der Waals surface area contributed by atoms with E-state index in [4.69, 9.17) is 17.3 Å². The molecule has 0 amide bonds. The summed E-state index contributed by atoms with van der Waals surface area (Å²) in [6.45, 7) is 3.88. The predicted octanol–water partition coefficient (Wildman–Crippen LogP) is 3.49. The van der Waals surface area contributed by atoms with Crippen LogP contribution in [0.25, 0.3) is 5.69 Å². The fraction of sp³-hybridized carbons (Fsp3) is 0.308. The van der Waals surface area contributed by atoms with Gasteiger partial charge >= 0.3 is 0 Å². The van der Waals surface area contributed by atoms with Gasteiger partial charge in [0, 0.05) is 16.7 Å². The number of aromatic nitrogens is 2. The van der Waals surface area contributed by atoms with Crippen molar-refractivity contribution >= 4 is 27.5 Å². The highest BCUT2D eigenvalue weighted by Crippen LogP contribution is 2.23. The van der Waals surface area contributed by atoms with Crippen molar-refractivity contribution in [1.29, 1.82) is 0 Å². The van der Waals surface area contributed by atoms with E-state index >= 15 is 0 Å². The van der Waals surface area contributed by atoms with Gasteiger partial charge in [0.15, 0.2) is 0 Å². The Labute approximate surface area is 120 Å². The molecule has 0 spiro atoms. The summed E-state index contributed by atoms with van der Waals surface area (Å²) >= 11 is 9.53. The summed E-state index contributed by atoms with van der Waals surface area (Å²) in [4.78, 5) is 0. The zero-order valence-corrected chi connectivity index (χ0v) is 12.7. The molecule has 1 unspecified atom stereocenters. The molecule has 3 nitrogen and oxygen atoms in total. The smallest absolute Gasteiger partial charge is 0.0819 e. The third-order valence-corrected chi connectivity index (χ3v) is 3.53. The first-order valence-corrected chi connectivity index (χ1v) is 6.90. The lowest BCUT2D eigenvalue weighted by molar-refractivity contribution is 0.726. The number of rotatable bonds is 3. The lowest BCUT2D eigenvalue weighted by atomic mass is 10.1. The molecule has 18 heavy (non-hydrogen) atoms. The Morgan fingerprint density at radius 1 is 1.50 bits per heavy atom. The third-order valence-electron chi connectivity index (χ3n) is 2.67. The van der Waals surface area contributed by atoms with Crippen LogP contribution in [0.1, 0.15) is 18.2 Å². The van der Waals surface area contributed by atoms with E-state index in [-0.39, 0.29) is 6.04 Å². The van der Waals surface area contributed by atoms with Gasteiger partial charge in [0.25, 0.3) is 0 Å². The van der Waals surface area contributed by atoms with Crippen LogP contribution in [0.15, 0.2) is 28.9 Å². The molecule has 0 aliphatic rings. The summed E-state index contributed by atoms with van der Waals surface area (Å²) in [6, 6.07) is 6.18. The fourth-order valence-corrected chi connectivity index (χ4v) is 2.39. The molecule has 0 aliphatic heterocycles. The summed E-state index contributed by atoms with van der Waals surface area (Å²) in [6.07, 6.45) is 2.62. The molecule has 0 saturated heterocycles. The first kappa shape index (κ1) is 13.6. The molecule has 0 saturated carbocycles. The predicted molar refractivity (Wildman–Crippen MR) is 78.4 cm³/mol. The van der Waals surface area contributed by atoms with E-state index in [2.05, 4.69) is 27.1 Å². The minimum absolute atomic E-state index is 0.102. The highest BCUT2D eigenvalue weighted by Gasteiger charge is 2.10. The zero-order chi connectivity index (χ0) is 13.3. The molecule has 1 aromatic carbocycles. The van der Waals surface area contributed by atoms with Crippen molar-refractivity contribution in [3.05, 3.63) is 45.1 Å². The van der Waals surface area contributed by atoms with E-state index < -0.39 is 0 Å². The molecule has 2 N–H and O–H groups in total. The Balaban J connectivity index is 2.49. The number of nitrogens with two attached hydrogens (primary N) is 1. The van der Waals surface area contributed by atoms with Crippen LogP contribution >= 0.6 is 27.5 Å². The number of hydrogen-bond acceptors (Lipinski definition) is 2. The Morgan fingerprint density at radius 3 is 2.78 bits per heavy atom. The topological polar surface area (TPSA) is 43.8 Å². The van der Waals surface area contributed by atoms with Crippen LogP contribution in [-0.2, 0) is 6.42 Å². The van der Waals surface area contributed by atoms with E-state index in [9.17, 15) is 0 Å². The Kier molecular flexibility index (Phi) is 4.10. The molecular weight excluding hydrogens is 314 g/mol. The number of halogens is 2. The Bertz CT molecular complexity index is 544. The van der Waals surface area contributed by atoms with Gasteiger partial charge in [-0.3, -0.25) is 0 Å². The van der Waals surface area contributed by atoms with Gasteiger partial charge in [-0.25, -0.2) is 4.68 Å². The molecule has 0 aliphatic carbocycles. The van der Waals surface area contributed by atoms with Crippen LogP contribution in [-0.4, -0.2) is 15.8 Å². The van der Waals surface area contributed by atoms with Gasteiger partial charge in [-0.1, -0.05) is 27.5 Å². The van der Waals surface area contributed by atoms with E-state index in [0.29, 0.717) is 5.02 Å². The SMILES string of the molecule is Cc1nn(-c2ccc(Br)cc2CC(C)N)cc1Cl. The maximum atomic E-state index is 6.05. The largest absolute Gasteiger partial charge is 0.328 e. The second kappa shape index (κ2) is 5.43. The van der Waals surface area contributed by atoms with Crippen molar-refractivity contribution in [3.63, 3.8) is 0 Å². The molecule has 96 valence electrons. The minimum atomic E-state index is 0.102. The maximum Gasteiger partial charge on any atom is 0.0819 e. The quantitative estimate of drug-likeness (QED) is 0.937. The van der Waals surface area contributed by atoms with Crippen LogP contribution in [0.4, 0.5) is 0 Å². The zero-order valence-electron chi connectivity index (χ0n) is 10.3. The van der Waals surface area contributed by atoms with Crippen molar-refractivity contribution < 1.29 is 0 Å². The standard InChI is InChI=1S/C13H15BrClN3/c1-8(16)5-10-6-11(14)3-4-13(10)18-7-12(15)9(2)17-18/h3-4,6-8H,5,16H2,1-2H3. The van der Waals surface area contributed by atoms with Crippen LogP contribution in [0, 0.1) is 6.92 Å². The first-order valence-electron chi connectivity index (χ1n) is 5.73. The molecule has 0 bridgehead atoms. The average molecular weight is 329 g/mol. The normalized spacial score (nSPS) is 12.7. The van der Waals surface area contributed by atoms with Crippen molar-refractivity contribution in [2.75, 3.05) is 0 Å². The summed E-state index contributed by atoms with van der Waals surface area (Å²) < 4.78 is 2.85. The Morgan fingerprint density at radius 2 is 2.22 bits per heavy atom. The van der Waals surface area contributed by atoms with E-state index in [1.54, 1.807) is 0 Å². The monoisotopic (exact) mass is 327 g/mol. The van der Waals surface area contributed by atoms with Crippen LogP contribution in [0.3, 0.4) is 0 Å². The van der Waals surface area contributed by atoms with Crippen LogP contribution in [0.2, 0.25) is 5.02 Å². The summed E-state index contributed by atoms with van der Waals surface area (Å²) in [5, 5.41) is 5.08. The summed E-state index contributed by atoms with van der Waals surface area (Å²) in [5.74, 6) is 0. The van der Waals surface area contributed by atoms with E-state index in [0.717, 1.165) is 27.8 Å². The number of aryl methyl sites for hydroxylation is 1. The fourth-order valence-electron chi connectivity index (χ4n) is 1.85. The van der Waals surface area contributed by atoms with Gasteiger partial charge in [-0.05, 0) is 44.0 Å². The van der Waals surface area contributed by atoms with Crippen LogP contribution < -0.4 is 5.73 Å². The molecule has 1 aromatic heterocycles. The first-order chi connectivity index (χ1) is 8.47. The van der Waals surface area contributed by atoms with Crippen molar-refractivity contribution in [3.8, 4) is 5.69 Å². The van der Waals surface area contributed by atoms with Crippen LogP contribution in [0.5, 0.6) is 0 Å². The molecule has 2 rings (SSSR count). The lowest BCUT2D eigenvalue weighted by Gasteiger charge is -2.12. The van der Waals surface area contributed by atoms with Crippen molar-refractivity contribution in [1.82, 2.24) is 9.78 Å².